The topological polar surface area (TPSA) is 30.9 Å². The van der Waals surface area contributed by atoms with Gasteiger partial charge in [-0.15, -0.1) is 0 Å². The number of nitrogens with zero attached hydrogens (tertiary/aromatic N) is 1. The maximum atomic E-state index is 6.36. The number of rotatable bonds is 1. The average Bonchev–Trinajstić information content (AvgIpc) is 3.09. The molecule has 2 heterocycles. The van der Waals surface area contributed by atoms with Crippen LogP contribution in [0.1, 0.15) is 51.4 Å². The van der Waals surface area contributed by atoms with Crippen LogP contribution in [0.25, 0.3) is 0 Å². The highest BCUT2D eigenvalue weighted by molar-refractivity contribution is 4.97. The predicted octanol–water partition coefficient (Wildman–Crippen LogP) is 2.48. The fourth-order valence-electron chi connectivity index (χ4n) is 4.59. The van der Waals surface area contributed by atoms with Gasteiger partial charge in [0.05, 0.1) is 6.61 Å². The molecule has 4 heteroatoms. The second kappa shape index (κ2) is 4.69. The summed E-state index contributed by atoms with van der Waals surface area (Å²) >= 11 is 0. The van der Waals surface area contributed by atoms with Crippen LogP contribution in [0, 0.1) is 5.92 Å². The third-order valence-corrected chi connectivity index (χ3v) is 5.57. The Morgan fingerprint density at radius 1 is 1.05 bits per heavy atom. The molecule has 2 aliphatic heterocycles. The lowest BCUT2D eigenvalue weighted by Crippen LogP contribution is -2.38. The van der Waals surface area contributed by atoms with Crippen molar-refractivity contribution in [2.24, 2.45) is 5.92 Å². The molecule has 0 amide bonds. The summed E-state index contributed by atoms with van der Waals surface area (Å²) in [5, 5.41) is 2.08. The Balaban J connectivity index is 1.46. The smallest absolute Gasteiger partial charge is 0.169 e. The molecule has 0 aromatic carbocycles. The molecule has 2 saturated carbocycles. The highest BCUT2D eigenvalue weighted by Gasteiger charge is 2.53. The van der Waals surface area contributed by atoms with E-state index in [1.165, 1.54) is 38.5 Å². The van der Waals surface area contributed by atoms with E-state index in [1.54, 1.807) is 0 Å². The normalized spacial score (nSPS) is 45.9. The van der Waals surface area contributed by atoms with Crippen molar-refractivity contribution in [3.8, 4) is 0 Å². The SMILES string of the molecule is CN1O[C@H]([C@H]2COC3(CCCCC3)O2)[C@H]2CCC[C@H]21. The fraction of sp³-hybridized carbons (Fsp3) is 1.00. The van der Waals surface area contributed by atoms with Crippen molar-refractivity contribution < 1.29 is 14.3 Å². The van der Waals surface area contributed by atoms with Crippen molar-refractivity contribution in [1.29, 1.82) is 0 Å². The Hall–Kier alpha value is -0.160. The van der Waals surface area contributed by atoms with Crippen LogP contribution >= 0.6 is 0 Å². The third-order valence-electron chi connectivity index (χ3n) is 5.57. The largest absolute Gasteiger partial charge is 0.347 e. The fourth-order valence-corrected chi connectivity index (χ4v) is 4.59. The first-order chi connectivity index (χ1) is 9.27. The highest BCUT2D eigenvalue weighted by atomic mass is 16.8. The Labute approximate surface area is 115 Å². The van der Waals surface area contributed by atoms with E-state index in [9.17, 15) is 0 Å². The minimum Gasteiger partial charge on any atom is -0.347 e. The zero-order chi connectivity index (χ0) is 12.9. The van der Waals surface area contributed by atoms with Gasteiger partial charge in [0.1, 0.15) is 12.2 Å². The zero-order valence-electron chi connectivity index (χ0n) is 11.8. The van der Waals surface area contributed by atoms with Crippen LogP contribution in [0.4, 0.5) is 0 Å². The number of hydroxylamine groups is 2. The maximum Gasteiger partial charge on any atom is 0.169 e. The zero-order valence-corrected chi connectivity index (χ0v) is 11.8. The first-order valence-corrected chi connectivity index (χ1v) is 7.99. The Bertz CT molecular complexity index is 342. The Morgan fingerprint density at radius 3 is 2.74 bits per heavy atom. The van der Waals surface area contributed by atoms with Gasteiger partial charge in [-0.2, -0.15) is 5.06 Å². The van der Waals surface area contributed by atoms with E-state index < -0.39 is 0 Å². The molecule has 4 nitrogen and oxygen atoms in total. The molecular weight excluding hydrogens is 242 g/mol. The minimum absolute atomic E-state index is 0.147. The van der Waals surface area contributed by atoms with Crippen molar-refractivity contribution in [3.05, 3.63) is 0 Å². The summed E-state index contributed by atoms with van der Waals surface area (Å²) in [6.45, 7) is 0.724. The summed E-state index contributed by atoms with van der Waals surface area (Å²) in [7, 11) is 2.08. The molecule has 2 saturated heterocycles. The van der Waals surface area contributed by atoms with E-state index in [1.807, 2.05) is 0 Å². The highest BCUT2D eigenvalue weighted by Crippen LogP contribution is 2.45. The van der Waals surface area contributed by atoms with Crippen LogP contribution in [0.3, 0.4) is 0 Å². The Kier molecular flexibility index (Phi) is 3.10. The molecule has 0 radical (unpaired) electrons. The maximum absolute atomic E-state index is 6.36. The molecule has 4 fully saturated rings. The van der Waals surface area contributed by atoms with Crippen LogP contribution in [0.15, 0.2) is 0 Å². The molecule has 0 bridgehead atoms. The molecule has 0 unspecified atom stereocenters. The van der Waals surface area contributed by atoms with Gasteiger partial charge in [-0.3, -0.25) is 4.84 Å². The molecular formula is C15H25NO3. The molecule has 0 aromatic heterocycles. The van der Waals surface area contributed by atoms with E-state index in [0.29, 0.717) is 12.0 Å². The Morgan fingerprint density at radius 2 is 1.89 bits per heavy atom. The van der Waals surface area contributed by atoms with Crippen molar-refractivity contribution in [2.45, 2.75) is 75.4 Å². The van der Waals surface area contributed by atoms with E-state index in [2.05, 4.69) is 12.1 Å². The lowest BCUT2D eigenvalue weighted by Gasteiger charge is -2.32. The molecule has 4 atom stereocenters. The third kappa shape index (κ3) is 2.04. The molecule has 4 rings (SSSR count). The minimum atomic E-state index is -0.262. The lowest BCUT2D eigenvalue weighted by atomic mass is 9.93. The van der Waals surface area contributed by atoms with Gasteiger partial charge in [-0.05, 0) is 25.7 Å². The van der Waals surface area contributed by atoms with Gasteiger partial charge in [0.15, 0.2) is 5.79 Å². The summed E-state index contributed by atoms with van der Waals surface area (Å²) in [5.74, 6) is 0.388. The van der Waals surface area contributed by atoms with Crippen molar-refractivity contribution in [2.75, 3.05) is 13.7 Å². The predicted molar refractivity (Wildman–Crippen MR) is 70.4 cm³/mol. The second-order valence-electron chi connectivity index (χ2n) is 6.72. The van der Waals surface area contributed by atoms with E-state index in [0.717, 1.165) is 19.4 Å². The average molecular weight is 267 g/mol. The summed E-state index contributed by atoms with van der Waals surface area (Å²) in [5.41, 5.74) is 0. The molecule has 0 N–H and O–H groups in total. The molecule has 2 aliphatic carbocycles. The van der Waals surface area contributed by atoms with E-state index >= 15 is 0 Å². The van der Waals surface area contributed by atoms with Crippen LogP contribution in [0.2, 0.25) is 0 Å². The monoisotopic (exact) mass is 267 g/mol. The van der Waals surface area contributed by atoms with Gasteiger partial charge in [-0.25, -0.2) is 0 Å². The number of hydrogen-bond donors (Lipinski definition) is 0. The quantitative estimate of drug-likeness (QED) is 0.730. The number of hydrogen-bond acceptors (Lipinski definition) is 4. The van der Waals surface area contributed by atoms with Gasteiger partial charge in [0.2, 0.25) is 0 Å². The molecule has 0 aromatic rings. The van der Waals surface area contributed by atoms with Gasteiger partial charge in [0, 0.05) is 31.8 Å². The van der Waals surface area contributed by atoms with Crippen LogP contribution < -0.4 is 0 Å². The summed E-state index contributed by atoms with van der Waals surface area (Å²) in [6.07, 6.45) is 10.2. The molecule has 1 spiro atoms. The van der Waals surface area contributed by atoms with Gasteiger partial charge >= 0.3 is 0 Å². The second-order valence-corrected chi connectivity index (χ2v) is 6.72. The first kappa shape index (κ1) is 12.6. The van der Waals surface area contributed by atoms with Crippen molar-refractivity contribution in [1.82, 2.24) is 5.06 Å². The lowest BCUT2D eigenvalue weighted by molar-refractivity contribution is -0.218. The van der Waals surface area contributed by atoms with Crippen LogP contribution in [-0.2, 0) is 14.3 Å². The van der Waals surface area contributed by atoms with E-state index in [4.69, 9.17) is 14.3 Å². The van der Waals surface area contributed by atoms with Gasteiger partial charge in [0.25, 0.3) is 0 Å². The molecule has 4 aliphatic rings. The number of ether oxygens (including phenoxy) is 2. The van der Waals surface area contributed by atoms with Crippen LogP contribution in [-0.4, -0.2) is 42.8 Å². The summed E-state index contributed by atoms with van der Waals surface area (Å²) < 4.78 is 12.4. The van der Waals surface area contributed by atoms with Crippen LogP contribution in [0.5, 0.6) is 0 Å². The molecule has 108 valence electrons. The number of fused-ring (bicyclic) bond motifs is 1. The standard InChI is InChI=1S/C15H25NO3/c1-16-12-7-5-6-11(12)14(19-16)13-10-17-15(18-13)8-3-2-4-9-15/h11-14H,2-10H2,1H3/t11-,12+,13+,14-/m0/s1. The summed E-state index contributed by atoms with van der Waals surface area (Å²) in [6, 6.07) is 0.608. The van der Waals surface area contributed by atoms with E-state index in [-0.39, 0.29) is 18.0 Å². The first-order valence-electron chi connectivity index (χ1n) is 7.99. The molecule has 19 heavy (non-hydrogen) atoms. The van der Waals surface area contributed by atoms with Crippen molar-refractivity contribution in [3.63, 3.8) is 0 Å². The van der Waals surface area contributed by atoms with Gasteiger partial charge < -0.3 is 9.47 Å². The van der Waals surface area contributed by atoms with Gasteiger partial charge in [-0.1, -0.05) is 12.8 Å². The van der Waals surface area contributed by atoms with Crippen molar-refractivity contribution >= 4 is 0 Å². The summed E-state index contributed by atoms with van der Waals surface area (Å²) in [4.78, 5) is 6.07.